The molecule has 2 rings (SSSR count). The van der Waals surface area contributed by atoms with Crippen LogP contribution in [0.1, 0.15) is 21.5 Å². The second kappa shape index (κ2) is 6.19. The lowest BCUT2D eigenvalue weighted by Crippen LogP contribution is -2.04. The van der Waals surface area contributed by atoms with Crippen molar-refractivity contribution in [3.63, 3.8) is 0 Å². The maximum absolute atomic E-state index is 12.2. The van der Waals surface area contributed by atoms with Gasteiger partial charge < -0.3 is 4.74 Å². The molecule has 0 aliphatic rings. The van der Waals surface area contributed by atoms with Crippen LogP contribution in [0.4, 0.5) is 0 Å². The van der Waals surface area contributed by atoms with Gasteiger partial charge in [-0.3, -0.25) is 4.79 Å². The van der Waals surface area contributed by atoms with E-state index in [1.165, 1.54) is 3.57 Å². The molecule has 0 unspecified atom stereocenters. The van der Waals surface area contributed by atoms with Gasteiger partial charge in [0.15, 0.2) is 5.78 Å². The number of hydrogen-bond acceptors (Lipinski definition) is 2. The van der Waals surface area contributed by atoms with Crippen LogP contribution in [-0.4, -0.2) is 12.9 Å². The number of ketones is 1. The molecule has 0 radical (unpaired) electrons. The average Bonchev–Trinajstić information content (AvgIpc) is 2.41. The first kappa shape index (κ1) is 14.1. The predicted octanol–water partition coefficient (Wildman–Crippen LogP) is 4.03. The number of halogens is 1. The van der Waals surface area contributed by atoms with Crippen molar-refractivity contribution in [2.45, 2.75) is 13.3 Å². The minimum absolute atomic E-state index is 0.131. The molecule has 3 heteroatoms. The Balaban J connectivity index is 2.16. The van der Waals surface area contributed by atoms with Crippen LogP contribution in [0.3, 0.4) is 0 Å². The number of Topliss-reactive ketones (excluding diaryl/α,β-unsaturated/α-hetero) is 1. The SMILES string of the molecule is COc1ccc(C(=O)Cc2ccc(I)cc2)cc1C. The number of rotatable bonds is 4. The second-order valence-electron chi connectivity index (χ2n) is 4.41. The highest BCUT2D eigenvalue weighted by atomic mass is 127. The van der Waals surface area contributed by atoms with Crippen molar-refractivity contribution in [2.24, 2.45) is 0 Å². The molecule has 0 atom stereocenters. The first-order valence-corrected chi connectivity index (χ1v) is 7.10. The van der Waals surface area contributed by atoms with Crippen molar-refractivity contribution in [1.29, 1.82) is 0 Å². The molecule has 0 amide bonds. The molecule has 98 valence electrons. The minimum atomic E-state index is 0.131. The summed E-state index contributed by atoms with van der Waals surface area (Å²) in [5.74, 6) is 0.942. The average molecular weight is 366 g/mol. The van der Waals surface area contributed by atoms with Crippen LogP contribution in [0, 0.1) is 10.5 Å². The molecule has 2 aromatic carbocycles. The number of aryl methyl sites for hydroxylation is 1. The van der Waals surface area contributed by atoms with Crippen molar-refractivity contribution in [3.8, 4) is 5.75 Å². The van der Waals surface area contributed by atoms with E-state index in [1.807, 2.05) is 49.4 Å². The molecule has 0 saturated carbocycles. The molecule has 0 aliphatic heterocycles. The monoisotopic (exact) mass is 366 g/mol. The van der Waals surface area contributed by atoms with Gasteiger partial charge >= 0.3 is 0 Å². The molecule has 0 bridgehead atoms. The zero-order chi connectivity index (χ0) is 13.8. The van der Waals surface area contributed by atoms with E-state index in [1.54, 1.807) is 7.11 Å². The van der Waals surface area contributed by atoms with Crippen LogP contribution in [0.15, 0.2) is 42.5 Å². The van der Waals surface area contributed by atoms with E-state index >= 15 is 0 Å². The molecule has 19 heavy (non-hydrogen) atoms. The van der Waals surface area contributed by atoms with Gasteiger partial charge in [-0.2, -0.15) is 0 Å². The first-order valence-electron chi connectivity index (χ1n) is 6.02. The van der Waals surface area contributed by atoms with Gasteiger partial charge in [-0.25, -0.2) is 0 Å². The van der Waals surface area contributed by atoms with E-state index in [2.05, 4.69) is 22.6 Å². The Hall–Kier alpha value is -1.36. The number of benzene rings is 2. The Bertz CT molecular complexity index is 588. The van der Waals surface area contributed by atoms with E-state index < -0.39 is 0 Å². The molecule has 0 fully saturated rings. The highest BCUT2D eigenvalue weighted by molar-refractivity contribution is 14.1. The fourth-order valence-corrected chi connectivity index (χ4v) is 2.30. The van der Waals surface area contributed by atoms with Gasteiger partial charge in [0.2, 0.25) is 0 Å². The molecule has 0 N–H and O–H groups in total. The Morgan fingerprint density at radius 2 is 1.84 bits per heavy atom. The first-order chi connectivity index (χ1) is 9.10. The van der Waals surface area contributed by atoms with Crippen molar-refractivity contribution in [1.82, 2.24) is 0 Å². The summed E-state index contributed by atoms with van der Waals surface area (Å²) in [4.78, 5) is 12.2. The van der Waals surface area contributed by atoms with Gasteiger partial charge in [0.25, 0.3) is 0 Å². The van der Waals surface area contributed by atoms with Crippen LogP contribution in [0.5, 0.6) is 5.75 Å². The summed E-state index contributed by atoms with van der Waals surface area (Å²) >= 11 is 2.26. The number of hydrogen-bond donors (Lipinski definition) is 0. The molecule has 0 spiro atoms. The van der Waals surface area contributed by atoms with E-state index in [0.29, 0.717) is 6.42 Å². The summed E-state index contributed by atoms with van der Waals surface area (Å²) in [7, 11) is 1.63. The lowest BCUT2D eigenvalue weighted by atomic mass is 10.0. The summed E-state index contributed by atoms with van der Waals surface area (Å²) in [6.07, 6.45) is 0.433. The summed E-state index contributed by atoms with van der Waals surface area (Å²) < 4.78 is 6.37. The molecule has 0 aromatic heterocycles. The highest BCUT2D eigenvalue weighted by Gasteiger charge is 2.09. The molecular formula is C16H15IO2. The van der Waals surface area contributed by atoms with Crippen molar-refractivity contribution < 1.29 is 9.53 Å². The maximum Gasteiger partial charge on any atom is 0.167 e. The van der Waals surface area contributed by atoms with Crippen LogP contribution in [0.2, 0.25) is 0 Å². The van der Waals surface area contributed by atoms with Gasteiger partial charge in [0.1, 0.15) is 5.75 Å². The summed E-state index contributed by atoms with van der Waals surface area (Å²) in [5, 5.41) is 0. The molecule has 0 aliphatic carbocycles. The Kier molecular flexibility index (Phi) is 4.58. The minimum Gasteiger partial charge on any atom is -0.496 e. The van der Waals surface area contributed by atoms with Gasteiger partial charge in [-0.15, -0.1) is 0 Å². The zero-order valence-corrected chi connectivity index (χ0v) is 13.1. The van der Waals surface area contributed by atoms with Gasteiger partial charge in [-0.05, 0) is 71.0 Å². The molecule has 2 aromatic rings. The van der Waals surface area contributed by atoms with Crippen LogP contribution < -0.4 is 4.74 Å². The Labute approximate surface area is 126 Å². The van der Waals surface area contributed by atoms with Gasteiger partial charge in [0, 0.05) is 15.6 Å². The number of carbonyl (C=O) groups is 1. The van der Waals surface area contributed by atoms with Crippen molar-refractivity contribution in [2.75, 3.05) is 7.11 Å². The van der Waals surface area contributed by atoms with E-state index in [-0.39, 0.29) is 5.78 Å². The lowest BCUT2D eigenvalue weighted by Gasteiger charge is -2.07. The number of carbonyl (C=O) groups excluding carboxylic acids is 1. The third-order valence-electron chi connectivity index (χ3n) is 2.99. The van der Waals surface area contributed by atoms with Crippen LogP contribution in [0.25, 0.3) is 0 Å². The van der Waals surface area contributed by atoms with E-state index in [0.717, 1.165) is 22.4 Å². The third kappa shape index (κ3) is 3.56. The number of ether oxygens (including phenoxy) is 1. The number of methoxy groups -OCH3 is 1. The maximum atomic E-state index is 12.2. The summed E-state index contributed by atoms with van der Waals surface area (Å²) in [6, 6.07) is 13.6. The Morgan fingerprint density at radius 3 is 2.42 bits per heavy atom. The zero-order valence-electron chi connectivity index (χ0n) is 10.9. The second-order valence-corrected chi connectivity index (χ2v) is 5.66. The standard InChI is InChI=1S/C16H15IO2/c1-11-9-13(5-8-16(11)19-2)15(18)10-12-3-6-14(17)7-4-12/h3-9H,10H2,1-2H3. The third-order valence-corrected chi connectivity index (χ3v) is 3.71. The largest absolute Gasteiger partial charge is 0.496 e. The predicted molar refractivity (Wildman–Crippen MR) is 84.9 cm³/mol. The van der Waals surface area contributed by atoms with Crippen LogP contribution in [-0.2, 0) is 6.42 Å². The van der Waals surface area contributed by atoms with E-state index in [9.17, 15) is 4.79 Å². The highest BCUT2D eigenvalue weighted by Crippen LogP contribution is 2.19. The fraction of sp³-hybridized carbons (Fsp3) is 0.188. The smallest absolute Gasteiger partial charge is 0.167 e. The fourth-order valence-electron chi connectivity index (χ4n) is 1.94. The quantitative estimate of drug-likeness (QED) is 0.603. The van der Waals surface area contributed by atoms with Gasteiger partial charge in [0.05, 0.1) is 7.11 Å². The van der Waals surface area contributed by atoms with E-state index in [4.69, 9.17) is 4.74 Å². The summed E-state index contributed by atoms with van der Waals surface area (Å²) in [5.41, 5.74) is 2.76. The van der Waals surface area contributed by atoms with Crippen molar-refractivity contribution >= 4 is 28.4 Å². The summed E-state index contributed by atoms with van der Waals surface area (Å²) in [6.45, 7) is 1.94. The molecule has 2 nitrogen and oxygen atoms in total. The molecular weight excluding hydrogens is 351 g/mol. The normalized spacial score (nSPS) is 10.3. The topological polar surface area (TPSA) is 26.3 Å². The van der Waals surface area contributed by atoms with Gasteiger partial charge in [-0.1, -0.05) is 12.1 Å². The molecule has 0 heterocycles. The Morgan fingerprint density at radius 1 is 1.16 bits per heavy atom. The van der Waals surface area contributed by atoms with Crippen molar-refractivity contribution in [3.05, 3.63) is 62.7 Å². The van der Waals surface area contributed by atoms with Crippen LogP contribution >= 0.6 is 22.6 Å². The lowest BCUT2D eigenvalue weighted by molar-refractivity contribution is 0.0993. The molecule has 0 saturated heterocycles.